The number of aromatic amines is 1. The van der Waals surface area contributed by atoms with Crippen LogP contribution in [0.25, 0.3) is 0 Å². The topological polar surface area (TPSA) is 79.4 Å². The Balaban J connectivity index is 2.21. The van der Waals surface area contributed by atoms with Crippen molar-refractivity contribution in [3.63, 3.8) is 0 Å². The summed E-state index contributed by atoms with van der Waals surface area (Å²) in [4.78, 5) is 17.9. The SMILES string of the molecule is COc1ccc(/C(C)=N\Nc2nc(C)cc(=O)[nH]2)cc1F. The molecule has 0 atom stereocenters. The van der Waals surface area contributed by atoms with E-state index < -0.39 is 5.82 Å². The van der Waals surface area contributed by atoms with Crippen molar-refractivity contribution in [2.24, 2.45) is 5.10 Å². The van der Waals surface area contributed by atoms with Crippen molar-refractivity contribution in [1.29, 1.82) is 0 Å². The maximum atomic E-state index is 13.6. The lowest BCUT2D eigenvalue weighted by Gasteiger charge is -2.06. The fourth-order valence-electron chi connectivity index (χ4n) is 1.72. The highest BCUT2D eigenvalue weighted by atomic mass is 19.1. The lowest BCUT2D eigenvalue weighted by molar-refractivity contribution is 0.386. The van der Waals surface area contributed by atoms with E-state index in [1.807, 2.05) is 0 Å². The van der Waals surface area contributed by atoms with Crippen molar-refractivity contribution in [3.05, 3.63) is 51.7 Å². The van der Waals surface area contributed by atoms with Gasteiger partial charge in [0, 0.05) is 17.3 Å². The molecule has 2 aromatic rings. The van der Waals surface area contributed by atoms with E-state index in [4.69, 9.17) is 4.74 Å². The smallest absolute Gasteiger partial charge is 0.252 e. The predicted octanol–water partition coefficient (Wildman–Crippen LogP) is 2.06. The Morgan fingerprint density at radius 3 is 2.81 bits per heavy atom. The summed E-state index contributed by atoms with van der Waals surface area (Å²) in [6, 6.07) is 5.91. The van der Waals surface area contributed by atoms with Gasteiger partial charge in [0.1, 0.15) is 0 Å². The molecule has 6 nitrogen and oxygen atoms in total. The van der Waals surface area contributed by atoms with Gasteiger partial charge in [-0.05, 0) is 32.0 Å². The minimum absolute atomic E-state index is 0.171. The van der Waals surface area contributed by atoms with E-state index in [0.717, 1.165) is 0 Å². The Hall–Kier alpha value is -2.70. The van der Waals surface area contributed by atoms with Gasteiger partial charge in [-0.2, -0.15) is 5.10 Å². The molecule has 0 unspecified atom stereocenters. The fourth-order valence-corrected chi connectivity index (χ4v) is 1.72. The average molecular weight is 290 g/mol. The van der Waals surface area contributed by atoms with Gasteiger partial charge >= 0.3 is 0 Å². The number of hydrogen-bond donors (Lipinski definition) is 2. The van der Waals surface area contributed by atoms with Crippen molar-refractivity contribution < 1.29 is 9.13 Å². The second-order valence-electron chi connectivity index (χ2n) is 4.39. The van der Waals surface area contributed by atoms with Gasteiger partial charge in [-0.3, -0.25) is 9.78 Å². The Kier molecular flexibility index (Phi) is 4.32. The lowest BCUT2D eigenvalue weighted by atomic mass is 10.1. The zero-order valence-corrected chi connectivity index (χ0v) is 11.9. The van der Waals surface area contributed by atoms with Crippen LogP contribution in [0, 0.1) is 12.7 Å². The highest BCUT2D eigenvalue weighted by Crippen LogP contribution is 2.18. The van der Waals surface area contributed by atoms with Crippen molar-refractivity contribution in [2.45, 2.75) is 13.8 Å². The van der Waals surface area contributed by atoms with Crippen LogP contribution in [0.4, 0.5) is 10.3 Å². The Bertz CT molecular complexity index is 740. The molecule has 0 bridgehead atoms. The van der Waals surface area contributed by atoms with Crippen molar-refractivity contribution in [2.75, 3.05) is 12.5 Å². The summed E-state index contributed by atoms with van der Waals surface area (Å²) < 4.78 is 18.5. The molecule has 2 rings (SSSR count). The second kappa shape index (κ2) is 6.17. The van der Waals surface area contributed by atoms with Gasteiger partial charge in [0.25, 0.3) is 5.56 Å². The van der Waals surface area contributed by atoms with E-state index in [-0.39, 0.29) is 17.3 Å². The number of aromatic nitrogens is 2. The third-order valence-corrected chi connectivity index (χ3v) is 2.77. The number of hydrazone groups is 1. The normalized spacial score (nSPS) is 11.3. The zero-order chi connectivity index (χ0) is 15.4. The highest BCUT2D eigenvalue weighted by molar-refractivity contribution is 5.99. The first-order chi connectivity index (χ1) is 9.99. The lowest BCUT2D eigenvalue weighted by Crippen LogP contribution is -2.11. The molecule has 0 aliphatic carbocycles. The number of benzene rings is 1. The Labute approximate surface area is 120 Å². The number of methoxy groups -OCH3 is 1. The molecular weight excluding hydrogens is 275 g/mol. The van der Waals surface area contributed by atoms with E-state index >= 15 is 0 Å². The number of rotatable bonds is 4. The molecule has 0 spiro atoms. The Morgan fingerprint density at radius 1 is 1.43 bits per heavy atom. The van der Waals surface area contributed by atoms with Gasteiger partial charge < -0.3 is 4.74 Å². The fraction of sp³-hybridized carbons (Fsp3) is 0.214. The van der Waals surface area contributed by atoms with E-state index in [1.165, 1.54) is 25.3 Å². The van der Waals surface area contributed by atoms with E-state index in [2.05, 4.69) is 20.5 Å². The molecule has 1 aromatic heterocycles. The summed E-state index contributed by atoms with van der Waals surface area (Å²) in [7, 11) is 1.40. The van der Waals surface area contributed by atoms with Gasteiger partial charge in [0.05, 0.1) is 12.8 Å². The van der Waals surface area contributed by atoms with Crippen LogP contribution < -0.4 is 15.7 Å². The number of nitrogens with one attached hydrogen (secondary N) is 2. The van der Waals surface area contributed by atoms with Crippen LogP contribution in [-0.2, 0) is 0 Å². The molecule has 2 N–H and O–H groups in total. The number of nitrogens with zero attached hydrogens (tertiary/aromatic N) is 2. The van der Waals surface area contributed by atoms with Crippen LogP contribution >= 0.6 is 0 Å². The molecule has 0 aliphatic rings. The van der Waals surface area contributed by atoms with Gasteiger partial charge in [0.2, 0.25) is 5.95 Å². The van der Waals surface area contributed by atoms with Gasteiger partial charge in [-0.1, -0.05) is 0 Å². The average Bonchev–Trinajstić information content (AvgIpc) is 2.43. The predicted molar refractivity (Wildman–Crippen MR) is 78.4 cm³/mol. The van der Waals surface area contributed by atoms with Gasteiger partial charge in [0.15, 0.2) is 11.6 Å². The number of anilines is 1. The molecule has 0 saturated heterocycles. The van der Waals surface area contributed by atoms with Crippen LogP contribution in [-0.4, -0.2) is 22.8 Å². The third-order valence-electron chi connectivity index (χ3n) is 2.77. The molecule has 7 heteroatoms. The minimum atomic E-state index is -0.466. The summed E-state index contributed by atoms with van der Waals surface area (Å²) >= 11 is 0. The largest absolute Gasteiger partial charge is 0.494 e. The van der Waals surface area contributed by atoms with Crippen LogP contribution in [0.15, 0.2) is 34.2 Å². The molecule has 21 heavy (non-hydrogen) atoms. The monoisotopic (exact) mass is 290 g/mol. The maximum Gasteiger partial charge on any atom is 0.252 e. The third kappa shape index (κ3) is 3.65. The Morgan fingerprint density at radius 2 is 2.19 bits per heavy atom. The summed E-state index contributed by atoms with van der Waals surface area (Å²) in [6.45, 7) is 3.41. The number of ether oxygens (including phenoxy) is 1. The highest BCUT2D eigenvalue weighted by Gasteiger charge is 2.05. The molecule has 1 heterocycles. The summed E-state index contributed by atoms with van der Waals surface area (Å²) in [5.74, 6) is -0.0656. The molecule has 0 fully saturated rings. The molecular formula is C14H15FN4O2. The number of H-pyrrole nitrogens is 1. The standard InChI is InChI=1S/C14H15FN4O2/c1-8-6-13(20)17-14(16-8)19-18-9(2)10-4-5-12(21-3)11(15)7-10/h4-7H,1-3H3,(H2,16,17,19,20)/b18-9-. The number of halogens is 1. The first kappa shape index (κ1) is 14.7. The van der Waals surface area contributed by atoms with Crippen LogP contribution in [0.2, 0.25) is 0 Å². The molecule has 0 amide bonds. The van der Waals surface area contributed by atoms with E-state index in [1.54, 1.807) is 19.9 Å². The van der Waals surface area contributed by atoms with E-state index in [0.29, 0.717) is 17.0 Å². The maximum absolute atomic E-state index is 13.6. The van der Waals surface area contributed by atoms with Gasteiger partial charge in [-0.25, -0.2) is 14.8 Å². The first-order valence-electron chi connectivity index (χ1n) is 6.22. The van der Waals surface area contributed by atoms with Crippen LogP contribution in [0.5, 0.6) is 5.75 Å². The van der Waals surface area contributed by atoms with Crippen LogP contribution in [0.1, 0.15) is 18.2 Å². The molecule has 0 aliphatic heterocycles. The van der Waals surface area contributed by atoms with Crippen molar-refractivity contribution in [3.8, 4) is 5.75 Å². The first-order valence-corrected chi connectivity index (χ1v) is 6.22. The quantitative estimate of drug-likeness (QED) is 0.667. The summed E-state index contributed by atoms with van der Waals surface area (Å²) in [6.07, 6.45) is 0. The van der Waals surface area contributed by atoms with Gasteiger partial charge in [-0.15, -0.1) is 0 Å². The summed E-state index contributed by atoms with van der Waals surface area (Å²) in [5.41, 5.74) is 4.08. The minimum Gasteiger partial charge on any atom is -0.494 e. The molecule has 110 valence electrons. The molecule has 0 radical (unpaired) electrons. The number of hydrogen-bond acceptors (Lipinski definition) is 5. The zero-order valence-electron chi connectivity index (χ0n) is 11.9. The van der Waals surface area contributed by atoms with Crippen molar-refractivity contribution >= 4 is 11.7 Å². The summed E-state index contributed by atoms with van der Waals surface area (Å²) in [5, 5.41) is 4.07. The number of aryl methyl sites for hydroxylation is 1. The van der Waals surface area contributed by atoms with Crippen molar-refractivity contribution in [1.82, 2.24) is 9.97 Å². The van der Waals surface area contributed by atoms with Crippen LogP contribution in [0.3, 0.4) is 0 Å². The molecule has 0 saturated carbocycles. The second-order valence-corrected chi connectivity index (χ2v) is 4.39. The molecule has 1 aromatic carbocycles. The van der Waals surface area contributed by atoms with E-state index in [9.17, 15) is 9.18 Å².